The zero-order valence-corrected chi connectivity index (χ0v) is 14.5. The molecule has 0 aliphatic carbocycles. The standard InChI is InChI=1S/C9H9IO.5CO.Cr/c10-6-7-11-8-9-4-2-1-3-5-9;5*1-2;/h1-5H,6-7H2;;;;;;. The fourth-order valence-corrected chi connectivity index (χ4v) is 1.35. The number of hydrogen-bond acceptors (Lipinski definition) is 1. The van der Waals surface area contributed by atoms with Crippen molar-refractivity contribution in [2.75, 3.05) is 11.0 Å². The summed E-state index contributed by atoms with van der Waals surface area (Å²) < 4.78 is 44.8. The molecule has 1 aromatic carbocycles. The van der Waals surface area contributed by atoms with Crippen LogP contribution in [0.25, 0.3) is 0 Å². The number of rotatable bonds is 4. The predicted octanol–water partition coefficient (Wildman–Crippen LogP) is 1.98. The number of ether oxygens (including phenoxy) is 1. The second-order valence-electron chi connectivity index (χ2n) is 2.19. The van der Waals surface area contributed by atoms with Gasteiger partial charge in [-0.05, 0) is 0 Å². The zero-order chi connectivity index (χ0) is 18.8. The van der Waals surface area contributed by atoms with Crippen molar-refractivity contribution in [3.8, 4) is 0 Å². The summed E-state index contributed by atoms with van der Waals surface area (Å²) in [6, 6.07) is 10.0. The van der Waals surface area contributed by atoms with Crippen molar-refractivity contribution in [1.29, 1.82) is 0 Å². The summed E-state index contributed by atoms with van der Waals surface area (Å²) in [6.45, 7) is 23.3. The molecule has 1 aromatic rings. The molecule has 0 heterocycles. The van der Waals surface area contributed by atoms with Crippen molar-refractivity contribution in [2.45, 2.75) is 0 Å². The van der Waals surface area contributed by atoms with Crippen molar-refractivity contribution in [3.05, 3.63) is 69.1 Å². The SMILES string of the molecule is [C-]#[O+].[C-]#[O+].[C-]#[O+].[C-]#[O+].[C-]#[O+].[Cr]=[C](OCCI)c1ccccc1. The van der Waals surface area contributed by atoms with Crippen LogP contribution in [0.2, 0.25) is 0 Å². The first-order valence-corrected chi connectivity index (χ1v) is 6.81. The first-order chi connectivity index (χ1) is 10.8. The van der Waals surface area contributed by atoms with Gasteiger partial charge in [-0.1, -0.05) is 0 Å². The summed E-state index contributed by atoms with van der Waals surface area (Å²) in [5, 5.41) is 0. The second-order valence-corrected chi connectivity index (χ2v) is 3.85. The molecule has 0 fully saturated rings. The Morgan fingerprint density at radius 3 is 1.55 bits per heavy atom. The fourth-order valence-electron chi connectivity index (χ4n) is 0.789. The molecule has 0 amide bonds. The Labute approximate surface area is 150 Å². The molecular weight excluding hydrogens is 443 g/mol. The van der Waals surface area contributed by atoms with Crippen LogP contribution in [-0.2, 0) is 43.8 Å². The van der Waals surface area contributed by atoms with Gasteiger partial charge in [-0.3, -0.25) is 0 Å². The molecule has 0 aromatic heterocycles. The first kappa shape index (κ1) is 32.8. The van der Waals surface area contributed by atoms with E-state index in [9.17, 15) is 0 Å². The number of benzene rings is 1. The van der Waals surface area contributed by atoms with Crippen molar-refractivity contribution in [2.24, 2.45) is 0 Å². The van der Waals surface area contributed by atoms with Gasteiger partial charge in [-0.2, -0.15) is 0 Å². The maximum atomic E-state index is 7.50. The van der Waals surface area contributed by atoms with Gasteiger partial charge in [0.1, 0.15) is 0 Å². The Balaban J connectivity index is -0.0000000822. The van der Waals surface area contributed by atoms with E-state index >= 15 is 0 Å². The van der Waals surface area contributed by atoms with E-state index in [2.05, 4.69) is 71.7 Å². The second kappa shape index (κ2) is 42.7. The minimum atomic E-state index is 0.762. The van der Waals surface area contributed by atoms with Crippen molar-refractivity contribution >= 4 is 27.2 Å². The Morgan fingerprint density at radius 2 is 1.23 bits per heavy atom. The third-order valence-electron chi connectivity index (χ3n) is 1.32. The molecule has 0 N–H and O–H groups in total. The van der Waals surface area contributed by atoms with E-state index in [1.807, 2.05) is 30.3 Å². The summed E-state index contributed by atoms with van der Waals surface area (Å²) in [6.07, 6.45) is 0. The molecule has 0 radical (unpaired) electrons. The minimum absolute atomic E-state index is 0.762. The predicted molar refractivity (Wildman–Crippen MR) is 75.0 cm³/mol. The maximum absolute atomic E-state index is 7.50. The van der Waals surface area contributed by atoms with Gasteiger partial charge in [0.25, 0.3) is 0 Å². The molecule has 0 saturated carbocycles. The summed E-state index contributed by atoms with van der Waals surface area (Å²) in [4.78, 5) is 0. The Morgan fingerprint density at radius 1 is 0.864 bits per heavy atom. The molecule has 22 heavy (non-hydrogen) atoms. The van der Waals surface area contributed by atoms with Crippen LogP contribution < -0.4 is 0 Å². The van der Waals surface area contributed by atoms with Gasteiger partial charge in [0.05, 0.1) is 0 Å². The number of halogens is 1. The quantitative estimate of drug-likeness (QED) is 0.296. The van der Waals surface area contributed by atoms with E-state index in [0.29, 0.717) is 0 Å². The first-order valence-electron chi connectivity index (χ1n) is 4.65. The molecule has 0 aliphatic heterocycles. The van der Waals surface area contributed by atoms with Crippen LogP contribution >= 0.6 is 22.6 Å². The Kier molecular flexibility index (Phi) is 63.7. The molecular formula is C14H9CrIO6. The van der Waals surface area contributed by atoms with E-state index in [1.165, 1.54) is 0 Å². The van der Waals surface area contributed by atoms with Crippen molar-refractivity contribution in [1.82, 2.24) is 0 Å². The Bertz CT molecular complexity index is 401. The van der Waals surface area contributed by atoms with Crippen LogP contribution in [-0.4, -0.2) is 15.6 Å². The van der Waals surface area contributed by atoms with Gasteiger partial charge in [0.2, 0.25) is 0 Å². The van der Waals surface area contributed by atoms with Crippen LogP contribution in [0.5, 0.6) is 0 Å². The molecule has 0 spiro atoms. The number of alkyl halides is 1. The molecule has 114 valence electrons. The number of hydrogen-bond donors (Lipinski definition) is 0. The van der Waals surface area contributed by atoms with E-state index in [-0.39, 0.29) is 0 Å². The Hall–Kier alpha value is -0.988. The summed E-state index contributed by atoms with van der Waals surface area (Å²) in [7, 11) is 0. The van der Waals surface area contributed by atoms with Gasteiger partial charge in [0, 0.05) is 0 Å². The van der Waals surface area contributed by atoms with Crippen LogP contribution in [0, 0.1) is 33.3 Å². The van der Waals surface area contributed by atoms with Crippen LogP contribution in [0.3, 0.4) is 0 Å². The van der Waals surface area contributed by atoms with Gasteiger partial charge in [0.15, 0.2) is 0 Å². The van der Waals surface area contributed by atoms with E-state index in [0.717, 1.165) is 21.2 Å². The molecule has 8 heteroatoms. The van der Waals surface area contributed by atoms with Crippen molar-refractivity contribution < 1.29 is 43.8 Å². The zero-order valence-electron chi connectivity index (χ0n) is 11.0. The van der Waals surface area contributed by atoms with Gasteiger partial charge in [-0.15, -0.1) is 0 Å². The average molecular weight is 452 g/mol. The summed E-state index contributed by atoms with van der Waals surface area (Å²) >= 11 is 5.21. The topological polar surface area (TPSA) is 109 Å². The third-order valence-corrected chi connectivity index (χ3v) is 2.31. The third kappa shape index (κ3) is 27.4. The fraction of sp³-hybridized carbons (Fsp3) is 0.143. The van der Waals surface area contributed by atoms with Gasteiger partial charge in [-0.25, -0.2) is 0 Å². The van der Waals surface area contributed by atoms with Gasteiger partial charge < -0.3 is 0 Å². The molecule has 6 nitrogen and oxygen atoms in total. The van der Waals surface area contributed by atoms with Crippen LogP contribution in [0.15, 0.2) is 30.3 Å². The molecule has 0 saturated heterocycles. The van der Waals surface area contributed by atoms with E-state index < -0.39 is 0 Å². The van der Waals surface area contributed by atoms with E-state index in [4.69, 9.17) is 28.0 Å². The van der Waals surface area contributed by atoms with Gasteiger partial charge >= 0.3 is 151 Å². The molecule has 0 bridgehead atoms. The van der Waals surface area contributed by atoms with Crippen LogP contribution in [0.1, 0.15) is 5.56 Å². The normalized spacial score (nSPS) is 5.77. The molecule has 0 unspecified atom stereocenters. The van der Waals surface area contributed by atoms with Crippen LogP contribution in [0.4, 0.5) is 0 Å². The average Bonchev–Trinajstić information content (AvgIpc) is 2.68. The molecule has 0 aliphatic rings. The summed E-state index contributed by atoms with van der Waals surface area (Å²) in [5.74, 6) is 0. The van der Waals surface area contributed by atoms with E-state index in [1.54, 1.807) is 0 Å². The molecule has 0 atom stereocenters. The van der Waals surface area contributed by atoms with Crippen molar-refractivity contribution in [3.63, 3.8) is 0 Å². The summed E-state index contributed by atoms with van der Waals surface area (Å²) in [5.41, 5.74) is 1.11. The molecule has 1 rings (SSSR count). The monoisotopic (exact) mass is 452 g/mol.